The molecule has 4 heteroatoms. The van der Waals surface area contributed by atoms with Crippen LogP contribution in [0.15, 0.2) is 27.4 Å². The van der Waals surface area contributed by atoms with Crippen LogP contribution < -0.4 is 15.1 Å². The van der Waals surface area contributed by atoms with Gasteiger partial charge in [-0.05, 0) is 18.6 Å². The summed E-state index contributed by atoms with van der Waals surface area (Å²) in [5.41, 5.74) is 1.07. The standard InChI is InChI=1S/C12H10O4/c1-7-4-12(13)16-9-6-11-10(5-8(7)9)14-2-3-15-11/h4-6H,2-3H2,1H3. The highest BCUT2D eigenvalue weighted by molar-refractivity contribution is 5.83. The zero-order valence-electron chi connectivity index (χ0n) is 8.78. The van der Waals surface area contributed by atoms with Crippen molar-refractivity contribution >= 4 is 11.0 Å². The fraction of sp³-hybridized carbons (Fsp3) is 0.250. The highest BCUT2D eigenvalue weighted by atomic mass is 16.6. The van der Waals surface area contributed by atoms with E-state index in [2.05, 4.69) is 0 Å². The number of ether oxygens (including phenoxy) is 2. The van der Waals surface area contributed by atoms with Crippen LogP contribution in [0.25, 0.3) is 11.0 Å². The summed E-state index contributed by atoms with van der Waals surface area (Å²) in [6.45, 7) is 2.94. The highest BCUT2D eigenvalue weighted by Crippen LogP contribution is 2.34. The second-order valence-electron chi connectivity index (χ2n) is 3.74. The molecule has 0 radical (unpaired) electrons. The zero-order valence-corrected chi connectivity index (χ0v) is 8.78. The summed E-state index contributed by atoms with van der Waals surface area (Å²) in [5, 5.41) is 0.879. The molecule has 2 heterocycles. The average molecular weight is 218 g/mol. The number of fused-ring (bicyclic) bond motifs is 2. The van der Waals surface area contributed by atoms with Gasteiger partial charge in [-0.2, -0.15) is 0 Å². The van der Waals surface area contributed by atoms with Crippen LogP contribution in [0.2, 0.25) is 0 Å². The van der Waals surface area contributed by atoms with Gasteiger partial charge in [0.1, 0.15) is 18.8 Å². The SMILES string of the molecule is Cc1cc(=O)oc2cc3c(cc12)OCCO3. The fourth-order valence-corrected chi connectivity index (χ4v) is 1.86. The molecule has 0 spiro atoms. The monoisotopic (exact) mass is 218 g/mol. The quantitative estimate of drug-likeness (QED) is 0.633. The molecular formula is C12H10O4. The van der Waals surface area contributed by atoms with E-state index in [4.69, 9.17) is 13.9 Å². The summed E-state index contributed by atoms with van der Waals surface area (Å²) < 4.78 is 16.0. The van der Waals surface area contributed by atoms with Crippen molar-refractivity contribution in [2.75, 3.05) is 13.2 Å². The second kappa shape index (κ2) is 3.27. The summed E-state index contributed by atoms with van der Waals surface area (Å²) in [5.74, 6) is 1.34. The molecular weight excluding hydrogens is 208 g/mol. The van der Waals surface area contributed by atoms with Crippen molar-refractivity contribution in [2.45, 2.75) is 6.92 Å². The van der Waals surface area contributed by atoms with Gasteiger partial charge in [-0.3, -0.25) is 0 Å². The Balaban J connectivity index is 2.35. The van der Waals surface area contributed by atoms with Gasteiger partial charge in [0.25, 0.3) is 0 Å². The van der Waals surface area contributed by atoms with E-state index in [9.17, 15) is 4.79 Å². The summed E-state index contributed by atoms with van der Waals surface area (Å²) in [6.07, 6.45) is 0. The van der Waals surface area contributed by atoms with Gasteiger partial charge < -0.3 is 13.9 Å². The molecule has 1 aromatic carbocycles. The minimum absolute atomic E-state index is 0.346. The normalized spacial score (nSPS) is 14.1. The molecule has 1 aliphatic rings. The van der Waals surface area contributed by atoms with Crippen LogP contribution in [0, 0.1) is 6.92 Å². The highest BCUT2D eigenvalue weighted by Gasteiger charge is 2.14. The number of aryl methyl sites for hydroxylation is 1. The first-order valence-corrected chi connectivity index (χ1v) is 5.08. The Labute approximate surface area is 91.4 Å². The van der Waals surface area contributed by atoms with Crippen LogP contribution >= 0.6 is 0 Å². The Morgan fingerprint density at radius 1 is 1.06 bits per heavy atom. The molecule has 0 saturated carbocycles. The maximum absolute atomic E-state index is 11.2. The van der Waals surface area contributed by atoms with E-state index in [0.29, 0.717) is 30.3 Å². The predicted octanol–water partition coefficient (Wildman–Crippen LogP) is 1.87. The van der Waals surface area contributed by atoms with E-state index in [1.165, 1.54) is 6.07 Å². The lowest BCUT2D eigenvalue weighted by Crippen LogP contribution is -2.15. The molecule has 1 aromatic heterocycles. The Morgan fingerprint density at radius 2 is 1.75 bits per heavy atom. The van der Waals surface area contributed by atoms with Crippen LogP contribution in [0.3, 0.4) is 0 Å². The molecule has 0 fully saturated rings. The molecule has 0 bridgehead atoms. The van der Waals surface area contributed by atoms with Crippen molar-refractivity contribution in [3.63, 3.8) is 0 Å². The Bertz CT molecular complexity index is 612. The van der Waals surface area contributed by atoms with E-state index in [1.54, 1.807) is 6.07 Å². The third kappa shape index (κ3) is 1.34. The Kier molecular flexibility index (Phi) is 1.89. The second-order valence-corrected chi connectivity index (χ2v) is 3.74. The van der Waals surface area contributed by atoms with Gasteiger partial charge in [0.2, 0.25) is 0 Å². The molecule has 16 heavy (non-hydrogen) atoms. The molecule has 3 rings (SSSR count). The average Bonchev–Trinajstić information content (AvgIpc) is 2.27. The summed E-state index contributed by atoms with van der Waals surface area (Å²) in [6, 6.07) is 5.03. The molecule has 0 saturated heterocycles. The first-order valence-electron chi connectivity index (χ1n) is 5.08. The van der Waals surface area contributed by atoms with Gasteiger partial charge in [-0.1, -0.05) is 0 Å². The molecule has 1 aliphatic heterocycles. The summed E-state index contributed by atoms with van der Waals surface area (Å²) in [7, 11) is 0. The van der Waals surface area contributed by atoms with Gasteiger partial charge in [0, 0.05) is 17.5 Å². The van der Waals surface area contributed by atoms with Crippen LogP contribution in [-0.2, 0) is 0 Å². The predicted molar refractivity (Wildman–Crippen MR) is 58.2 cm³/mol. The van der Waals surface area contributed by atoms with Gasteiger partial charge in [0.15, 0.2) is 11.5 Å². The maximum Gasteiger partial charge on any atom is 0.336 e. The first kappa shape index (κ1) is 9.27. The van der Waals surface area contributed by atoms with Crippen LogP contribution in [0.4, 0.5) is 0 Å². The number of hydrogen-bond acceptors (Lipinski definition) is 4. The van der Waals surface area contributed by atoms with Crippen molar-refractivity contribution in [1.82, 2.24) is 0 Å². The molecule has 0 aliphatic carbocycles. The van der Waals surface area contributed by atoms with E-state index in [-0.39, 0.29) is 5.63 Å². The minimum atomic E-state index is -0.346. The van der Waals surface area contributed by atoms with Crippen molar-refractivity contribution in [2.24, 2.45) is 0 Å². The lowest BCUT2D eigenvalue weighted by molar-refractivity contribution is 0.172. The number of hydrogen-bond donors (Lipinski definition) is 0. The largest absolute Gasteiger partial charge is 0.486 e. The zero-order chi connectivity index (χ0) is 11.1. The Morgan fingerprint density at radius 3 is 2.50 bits per heavy atom. The minimum Gasteiger partial charge on any atom is -0.486 e. The summed E-state index contributed by atoms with van der Waals surface area (Å²) >= 11 is 0. The van der Waals surface area contributed by atoms with E-state index >= 15 is 0 Å². The van der Waals surface area contributed by atoms with Crippen LogP contribution in [0.5, 0.6) is 11.5 Å². The number of benzene rings is 1. The van der Waals surface area contributed by atoms with Gasteiger partial charge in [0.05, 0.1) is 0 Å². The van der Waals surface area contributed by atoms with Crippen molar-refractivity contribution in [1.29, 1.82) is 0 Å². The molecule has 4 nitrogen and oxygen atoms in total. The Hall–Kier alpha value is -1.97. The molecule has 2 aromatic rings. The van der Waals surface area contributed by atoms with E-state index in [1.807, 2.05) is 13.0 Å². The van der Waals surface area contributed by atoms with Gasteiger partial charge in [-0.25, -0.2) is 4.79 Å². The molecule has 0 N–H and O–H groups in total. The topological polar surface area (TPSA) is 48.7 Å². The maximum atomic E-state index is 11.2. The smallest absolute Gasteiger partial charge is 0.336 e. The first-order chi connectivity index (χ1) is 7.74. The fourth-order valence-electron chi connectivity index (χ4n) is 1.86. The van der Waals surface area contributed by atoms with Crippen LogP contribution in [-0.4, -0.2) is 13.2 Å². The third-order valence-electron chi connectivity index (χ3n) is 2.61. The van der Waals surface area contributed by atoms with Crippen LogP contribution in [0.1, 0.15) is 5.56 Å². The molecule has 0 unspecified atom stereocenters. The van der Waals surface area contributed by atoms with Crippen molar-refractivity contribution in [3.8, 4) is 11.5 Å². The summed E-state index contributed by atoms with van der Waals surface area (Å²) in [4.78, 5) is 11.2. The lowest BCUT2D eigenvalue weighted by atomic mass is 10.1. The number of rotatable bonds is 0. The van der Waals surface area contributed by atoms with E-state index < -0.39 is 0 Å². The lowest BCUT2D eigenvalue weighted by Gasteiger charge is -2.18. The third-order valence-corrected chi connectivity index (χ3v) is 2.61. The van der Waals surface area contributed by atoms with Crippen molar-refractivity contribution in [3.05, 3.63) is 34.2 Å². The van der Waals surface area contributed by atoms with Crippen molar-refractivity contribution < 1.29 is 13.9 Å². The molecule has 82 valence electrons. The van der Waals surface area contributed by atoms with Gasteiger partial charge >= 0.3 is 5.63 Å². The van der Waals surface area contributed by atoms with E-state index in [0.717, 1.165) is 10.9 Å². The molecule has 0 amide bonds. The van der Waals surface area contributed by atoms with Gasteiger partial charge in [-0.15, -0.1) is 0 Å². The molecule has 0 atom stereocenters.